The SMILES string of the molecule is C=CCOc1ccc(-c2nnn(C3C[C@H]4C(=O)N[C@@]5(C(=O)O)C[C@@H]5CCCCCCC[C@@H](NC(=O)OC(C)(C)C)C(=O)N4C3)n2)cc1Br. The highest BCUT2D eigenvalue weighted by Crippen LogP contribution is 2.47. The summed E-state index contributed by atoms with van der Waals surface area (Å²) in [5, 5.41) is 28.8. The fourth-order valence-corrected chi connectivity index (χ4v) is 6.99. The molecule has 15 heteroatoms. The minimum atomic E-state index is -1.36. The number of rotatable bonds is 7. The first kappa shape index (κ1) is 35.3. The largest absolute Gasteiger partial charge is 0.488 e. The molecular formula is C33H44BrN7O7. The van der Waals surface area contributed by atoms with Crippen LogP contribution in [0.1, 0.15) is 84.6 Å². The predicted molar refractivity (Wildman–Crippen MR) is 178 cm³/mol. The van der Waals surface area contributed by atoms with E-state index in [4.69, 9.17) is 9.47 Å². The number of nitrogens with one attached hydrogen (secondary N) is 2. The van der Waals surface area contributed by atoms with Crippen LogP contribution in [0.25, 0.3) is 11.4 Å². The van der Waals surface area contributed by atoms with Gasteiger partial charge in [-0.25, -0.2) is 9.59 Å². The van der Waals surface area contributed by atoms with Gasteiger partial charge in [0.1, 0.15) is 35.6 Å². The Morgan fingerprint density at radius 3 is 2.60 bits per heavy atom. The number of benzene rings is 1. The Bertz CT molecular complexity index is 1540. The molecule has 1 aromatic heterocycles. The highest BCUT2D eigenvalue weighted by Gasteiger charge is 2.62. The molecule has 14 nitrogen and oxygen atoms in total. The van der Waals surface area contributed by atoms with Gasteiger partial charge in [-0.3, -0.25) is 9.59 Å². The summed E-state index contributed by atoms with van der Waals surface area (Å²) in [7, 11) is 0. The molecule has 3 fully saturated rings. The van der Waals surface area contributed by atoms with Gasteiger partial charge in [-0.2, -0.15) is 4.80 Å². The zero-order valence-corrected chi connectivity index (χ0v) is 29.2. The molecular weight excluding hydrogens is 686 g/mol. The number of carbonyl (C=O) groups excluding carboxylic acids is 3. The Balaban J connectivity index is 1.42. The number of tetrazole rings is 1. The summed E-state index contributed by atoms with van der Waals surface area (Å²) < 4.78 is 11.8. The molecule has 2 saturated heterocycles. The summed E-state index contributed by atoms with van der Waals surface area (Å²) in [4.78, 5) is 56.2. The zero-order chi connectivity index (χ0) is 34.6. The number of aromatic nitrogens is 4. The molecule has 5 atom stereocenters. The number of alkyl carbamates (subject to hydrolysis) is 1. The fourth-order valence-electron chi connectivity index (χ4n) is 6.50. The van der Waals surface area contributed by atoms with Crippen molar-refractivity contribution in [3.8, 4) is 17.1 Å². The number of nitrogens with zero attached hydrogens (tertiary/aromatic N) is 5. The van der Waals surface area contributed by atoms with Gasteiger partial charge in [0.05, 0.1) is 10.5 Å². The molecule has 2 aromatic rings. The molecule has 0 bridgehead atoms. The number of carboxylic acids is 1. The van der Waals surface area contributed by atoms with E-state index in [0.29, 0.717) is 53.9 Å². The summed E-state index contributed by atoms with van der Waals surface area (Å²) in [6.45, 7) is 9.28. The molecule has 0 spiro atoms. The highest BCUT2D eigenvalue weighted by molar-refractivity contribution is 9.10. The van der Waals surface area contributed by atoms with Gasteiger partial charge in [0.2, 0.25) is 17.6 Å². The summed E-state index contributed by atoms with van der Waals surface area (Å²) >= 11 is 3.50. The van der Waals surface area contributed by atoms with Crippen LogP contribution in [0.2, 0.25) is 0 Å². The first-order valence-electron chi connectivity index (χ1n) is 16.5. The smallest absolute Gasteiger partial charge is 0.408 e. The molecule has 1 aliphatic carbocycles. The number of amides is 3. The number of hydrogen-bond donors (Lipinski definition) is 3. The molecule has 3 amide bonds. The van der Waals surface area contributed by atoms with Crippen LogP contribution in [0.4, 0.5) is 4.79 Å². The maximum Gasteiger partial charge on any atom is 0.408 e. The minimum Gasteiger partial charge on any atom is -0.488 e. The van der Waals surface area contributed by atoms with Gasteiger partial charge in [0, 0.05) is 18.5 Å². The van der Waals surface area contributed by atoms with Gasteiger partial charge < -0.3 is 30.1 Å². The molecule has 1 unspecified atom stereocenters. The summed E-state index contributed by atoms with van der Waals surface area (Å²) in [6, 6.07) is 2.88. The molecule has 1 aromatic carbocycles. The van der Waals surface area contributed by atoms with E-state index in [1.807, 2.05) is 0 Å². The van der Waals surface area contributed by atoms with E-state index in [2.05, 4.69) is 48.6 Å². The van der Waals surface area contributed by atoms with Crippen molar-refractivity contribution in [1.29, 1.82) is 0 Å². The second kappa shape index (κ2) is 14.6. The Labute approximate surface area is 288 Å². The van der Waals surface area contributed by atoms with Crippen molar-refractivity contribution in [2.45, 2.75) is 108 Å². The van der Waals surface area contributed by atoms with E-state index in [0.717, 1.165) is 25.7 Å². The molecule has 3 heterocycles. The van der Waals surface area contributed by atoms with Crippen LogP contribution in [0.5, 0.6) is 5.75 Å². The number of fused-ring (bicyclic) bond motifs is 2. The molecule has 3 N–H and O–H groups in total. The maximum absolute atomic E-state index is 14.2. The lowest BCUT2D eigenvalue weighted by Crippen LogP contribution is -2.56. The van der Waals surface area contributed by atoms with Gasteiger partial charge in [-0.05, 0) is 85.3 Å². The van der Waals surface area contributed by atoms with E-state index in [9.17, 15) is 24.3 Å². The van der Waals surface area contributed by atoms with E-state index in [-0.39, 0.29) is 18.9 Å². The van der Waals surface area contributed by atoms with Gasteiger partial charge in [-0.1, -0.05) is 44.8 Å². The van der Waals surface area contributed by atoms with E-state index < -0.39 is 53.1 Å². The van der Waals surface area contributed by atoms with E-state index in [1.165, 1.54) is 9.70 Å². The van der Waals surface area contributed by atoms with Crippen molar-refractivity contribution in [3.05, 3.63) is 35.3 Å². The quantitative estimate of drug-likeness (QED) is 0.346. The van der Waals surface area contributed by atoms with Crippen molar-refractivity contribution in [1.82, 2.24) is 35.7 Å². The molecule has 1 saturated carbocycles. The Morgan fingerprint density at radius 1 is 1.19 bits per heavy atom. The monoisotopic (exact) mass is 729 g/mol. The zero-order valence-electron chi connectivity index (χ0n) is 27.6. The van der Waals surface area contributed by atoms with Crippen LogP contribution in [0, 0.1) is 5.92 Å². The van der Waals surface area contributed by atoms with Crippen LogP contribution in [-0.4, -0.2) is 90.5 Å². The van der Waals surface area contributed by atoms with Crippen molar-refractivity contribution >= 4 is 39.8 Å². The predicted octanol–water partition coefficient (Wildman–Crippen LogP) is 4.41. The number of hydrogen-bond acceptors (Lipinski definition) is 9. The summed E-state index contributed by atoms with van der Waals surface area (Å²) in [5.74, 6) is -1.28. The van der Waals surface area contributed by atoms with Crippen molar-refractivity contribution in [2.75, 3.05) is 13.2 Å². The van der Waals surface area contributed by atoms with Crippen LogP contribution in [0.3, 0.4) is 0 Å². The van der Waals surface area contributed by atoms with Gasteiger partial charge >= 0.3 is 12.1 Å². The third-order valence-corrected chi connectivity index (χ3v) is 9.65. The molecule has 260 valence electrons. The third kappa shape index (κ3) is 8.16. The Hall–Kier alpha value is -4.01. The van der Waals surface area contributed by atoms with Crippen molar-refractivity contribution in [3.63, 3.8) is 0 Å². The topological polar surface area (TPSA) is 178 Å². The lowest BCUT2D eigenvalue weighted by atomic mass is 10.0. The lowest BCUT2D eigenvalue weighted by Gasteiger charge is -2.30. The average molecular weight is 731 g/mol. The molecule has 48 heavy (non-hydrogen) atoms. The number of carbonyl (C=O) groups is 4. The Kier molecular flexibility index (Phi) is 10.8. The average Bonchev–Trinajstić information content (AvgIpc) is 3.32. The third-order valence-electron chi connectivity index (χ3n) is 9.03. The van der Waals surface area contributed by atoms with Gasteiger partial charge in [0.15, 0.2) is 0 Å². The maximum atomic E-state index is 14.2. The van der Waals surface area contributed by atoms with E-state index in [1.54, 1.807) is 45.0 Å². The first-order chi connectivity index (χ1) is 22.8. The molecule has 2 aliphatic heterocycles. The summed E-state index contributed by atoms with van der Waals surface area (Å²) in [6.07, 6.45) is 6.69. The molecule has 3 aliphatic rings. The Morgan fingerprint density at radius 2 is 1.92 bits per heavy atom. The van der Waals surface area contributed by atoms with Crippen molar-refractivity contribution in [2.24, 2.45) is 5.92 Å². The van der Waals surface area contributed by atoms with Crippen LogP contribution < -0.4 is 15.4 Å². The standard InChI is InChI=1S/C33H44BrN7O7/c1-5-15-47-26-14-13-20(16-23(26)34)27-37-39-41(38-27)22-17-25-28(42)36-33(30(44)45)18-21(33)11-9-7-6-8-10-12-24(29(43)40(25)19-22)35-31(46)48-32(2,3)4/h5,13-14,16,21-22,24-25H,1,6-12,15,17-19H2,2-4H3,(H,35,46)(H,36,42)(H,44,45)/t21-,22?,24+,25-,33-/m0/s1. The van der Waals surface area contributed by atoms with Crippen LogP contribution in [-0.2, 0) is 19.1 Å². The first-order valence-corrected chi connectivity index (χ1v) is 17.3. The minimum absolute atomic E-state index is 0.0563. The second-order valence-corrected chi connectivity index (χ2v) is 14.6. The van der Waals surface area contributed by atoms with Gasteiger partial charge in [0.25, 0.3) is 0 Å². The lowest BCUT2D eigenvalue weighted by molar-refractivity contribution is -0.146. The fraction of sp³-hybridized carbons (Fsp3) is 0.606. The normalized spacial score (nSPS) is 26.6. The second-order valence-electron chi connectivity index (χ2n) is 13.8. The highest BCUT2D eigenvalue weighted by atomic mass is 79.9. The van der Waals surface area contributed by atoms with Crippen LogP contribution >= 0.6 is 15.9 Å². The summed E-state index contributed by atoms with van der Waals surface area (Å²) in [5.41, 5.74) is -1.46. The number of aliphatic carboxylic acids is 1. The van der Waals surface area contributed by atoms with Gasteiger partial charge in [-0.15, -0.1) is 10.2 Å². The molecule has 5 rings (SSSR count). The van der Waals surface area contributed by atoms with Crippen molar-refractivity contribution < 1.29 is 33.8 Å². The molecule has 0 radical (unpaired) electrons. The number of halogens is 1. The number of ether oxygens (including phenoxy) is 2. The number of carboxylic acid groups (broad SMARTS) is 1. The van der Waals surface area contributed by atoms with E-state index >= 15 is 0 Å². The van der Waals surface area contributed by atoms with Crippen LogP contribution in [0.15, 0.2) is 35.3 Å².